The van der Waals surface area contributed by atoms with Gasteiger partial charge in [0.25, 0.3) is 0 Å². The molecule has 1 N–H and O–H groups in total. The number of amides is 2. The Morgan fingerprint density at radius 2 is 2.33 bits per heavy atom. The fourth-order valence-corrected chi connectivity index (χ4v) is 3.34. The van der Waals surface area contributed by atoms with Crippen molar-refractivity contribution >= 4 is 11.7 Å². The third-order valence-corrected chi connectivity index (χ3v) is 4.61. The van der Waals surface area contributed by atoms with Gasteiger partial charge in [-0.2, -0.15) is 5.10 Å². The molecule has 1 aromatic rings. The van der Waals surface area contributed by atoms with Gasteiger partial charge in [-0.05, 0) is 12.3 Å². The Labute approximate surface area is 123 Å². The molecule has 0 aromatic carbocycles. The number of nitrogens with one attached hydrogen (secondary N) is 1. The Hall–Kier alpha value is -1.60. The average Bonchev–Trinajstić information content (AvgIpc) is 3.14. The topological polar surface area (TPSA) is 62.6 Å². The molecule has 2 amide bonds. The number of anilines is 1. The molecule has 0 radical (unpaired) electrons. The fraction of sp³-hybridized carbons (Fsp3) is 0.714. The molecule has 7 nitrogen and oxygen atoms in total. The molecule has 7 heteroatoms. The largest absolute Gasteiger partial charge is 0.381 e. The maximum Gasteiger partial charge on any atom is 0.322 e. The number of nitrogens with zero attached hydrogens (tertiary/aromatic N) is 4. The normalized spacial score (nSPS) is 27.1. The van der Waals surface area contributed by atoms with Crippen LogP contribution in [0.25, 0.3) is 0 Å². The molecule has 1 atom stereocenters. The van der Waals surface area contributed by atoms with Crippen LogP contribution in [0.5, 0.6) is 0 Å². The van der Waals surface area contributed by atoms with Gasteiger partial charge in [0, 0.05) is 45.5 Å². The summed E-state index contributed by atoms with van der Waals surface area (Å²) in [5.41, 5.74) is 0.896. The highest BCUT2D eigenvalue weighted by Crippen LogP contribution is 2.26. The van der Waals surface area contributed by atoms with Crippen molar-refractivity contribution in [3.8, 4) is 0 Å². The van der Waals surface area contributed by atoms with Crippen molar-refractivity contribution in [2.75, 3.05) is 50.8 Å². The zero-order valence-corrected chi connectivity index (χ0v) is 12.1. The molecule has 3 fully saturated rings. The second kappa shape index (κ2) is 5.31. The van der Waals surface area contributed by atoms with Crippen molar-refractivity contribution in [1.29, 1.82) is 0 Å². The molecule has 0 saturated carbocycles. The number of carbonyl (C=O) groups excluding carboxylic acids is 1. The summed E-state index contributed by atoms with van der Waals surface area (Å²) in [5.74, 6) is 0.701. The fourth-order valence-electron chi connectivity index (χ4n) is 3.34. The van der Waals surface area contributed by atoms with Crippen LogP contribution in [-0.4, -0.2) is 66.6 Å². The number of aromatic nitrogens is 2. The second-order valence-corrected chi connectivity index (χ2v) is 6.16. The summed E-state index contributed by atoms with van der Waals surface area (Å²) in [6.45, 7) is 6.50. The van der Waals surface area contributed by atoms with Gasteiger partial charge in [-0.3, -0.25) is 14.5 Å². The molecule has 3 aliphatic rings. The van der Waals surface area contributed by atoms with E-state index in [1.807, 2.05) is 10.9 Å². The van der Waals surface area contributed by atoms with Gasteiger partial charge in [0.2, 0.25) is 0 Å². The molecule has 3 saturated heterocycles. The van der Waals surface area contributed by atoms with E-state index in [0.717, 1.165) is 45.1 Å². The number of ether oxygens (including phenoxy) is 1. The number of urea groups is 1. The molecule has 1 unspecified atom stereocenters. The molecular formula is C14H21N5O2. The quantitative estimate of drug-likeness (QED) is 0.867. The van der Waals surface area contributed by atoms with Gasteiger partial charge in [-0.25, -0.2) is 4.79 Å². The summed E-state index contributed by atoms with van der Waals surface area (Å²) in [6.07, 6.45) is 4.97. The third kappa shape index (κ3) is 2.51. The van der Waals surface area contributed by atoms with E-state index in [1.165, 1.54) is 6.42 Å². The monoisotopic (exact) mass is 291 g/mol. The lowest BCUT2D eigenvalue weighted by Gasteiger charge is -2.40. The first-order valence-electron chi connectivity index (χ1n) is 7.69. The molecule has 0 aliphatic carbocycles. The molecule has 4 heterocycles. The van der Waals surface area contributed by atoms with Crippen molar-refractivity contribution in [3.05, 3.63) is 12.4 Å². The summed E-state index contributed by atoms with van der Waals surface area (Å²) < 4.78 is 7.42. The van der Waals surface area contributed by atoms with Crippen LogP contribution in [0.3, 0.4) is 0 Å². The standard InChI is InChI=1S/C14H21N5O2/c20-14-15-2-3-18(14)12-5-16-19(9-12)13-7-17(8-13)6-11-1-4-21-10-11/h5,9,11,13H,1-4,6-8,10H2,(H,15,20). The Balaban J connectivity index is 1.32. The van der Waals surface area contributed by atoms with Crippen LogP contribution in [0.15, 0.2) is 12.4 Å². The minimum absolute atomic E-state index is 0.0222. The first kappa shape index (κ1) is 13.1. The van der Waals surface area contributed by atoms with E-state index in [-0.39, 0.29) is 6.03 Å². The Kier molecular flexibility index (Phi) is 3.31. The van der Waals surface area contributed by atoms with Gasteiger partial charge < -0.3 is 10.1 Å². The van der Waals surface area contributed by atoms with Crippen LogP contribution < -0.4 is 10.2 Å². The van der Waals surface area contributed by atoms with E-state index in [1.54, 1.807) is 11.1 Å². The van der Waals surface area contributed by atoms with Crippen molar-refractivity contribution in [1.82, 2.24) is 20.0 Å². The summed E-state index contributed by atoms with van der Waals surface area (Å²) in [7, 11) is 0. The molecule has 0 spiro atoms. The molecule has 114 valence electrons. The van der Waals surface area contributed by atoms with Crippen LogP contribution in [0, 0.1) is 5.92 Å². The zero-order valence-electron chi connectivity index (χ0n) is 12.1. The minimum atomic E-state index is -0.0222. The van der Waals surface area contributed by atoms with E-state index in [4.69, 9.17) is 4.74 Å². The highest BCUT2D eigenvalue weighted by molar-refractivity contribution is 5.93. The number of hydrogen-bond acceptors (Lipinski definition) is 4. The van der Waals surface area contributed by atoms with Gasteiger partial charge >= 0.3 is 6.03 Å². The lowest BCUT2D eigenvalue weighted by Crippen LogP contribution is -2.49. The number of likely N-dealkylation sites (tertiary alicyclic amines) is 1. The number of rotatable bonds is 4. The van der Waals surface area contributed by atoms with E-state index >= 15 is 0 Å². The Bertz CT molecular complexity index is 519. The Morgan fingerprint density at radius 1 is 1.43 bits per heavy atom. The van der Waals surface area contributed by atoms with Crippen LogP contribution in [0.1, 0.15) is 12.5 Å². The van der Waals surface area contributed by atoms with Crippen molar-refractivity contribution < 1.29 is 9.53 Å². The summed E-state index contributed by atoms with van der Waals surface area (Å²) >= 11 is 0. The number of carbonyl (C=O) groups is 1. The first-order valence-corrected chi connectivity index (χ1v) is 7.69. The van der Waals surface area contributed by atoms with Crippen LogP contribution in [0.2, 0.25) is 0 Å². The van der Waals surface area contributed by atoms with Crippen LogP contribution >= 0.6 is 0 Å². The molecule has 0 bridgehead atoms. The van der Waals surface area contributed by atoms with Gasteiger partial charge in [-0.1, -0.05) is 0 Å². The van der Waals surface area contributed by atoms with E-state index in [2.05, 4.69) is 15.3 Å². The summed E-state index contributed by atoms with van der Waals surface area (Å²) in [6, 6.07) is 0.415. The highest BCUT2D eigenvalue weighted by atomic mass is 16.5. The third-order valence-electron chi connectivity index (χ3n) is 4.61. The van der Waals surface area contributed by atoms with Crippen molar-refractivity contribution in [2.45, 2.75) is 12.5 Å². The molecule has 3 aliphatic heterocycles. The van der Waals surface area contributed by atoms with E-state index in [9.17, 15) is 4.79 Å². The minimum Gasteiger partial charge on any atom is -0.381 e. The van der Waals surface area contributed by atoms with Gasteiger partial charge in [0.05, 0.1) is 24.5 Å². The highest BCUT2D eigenvalue weighted by Gasteiger charge is 2.32. The SMILES string of the molecule is O=C1NCCN1c1cnn(C2CN(CC3CCOC3)C2)c1. The smallest absolute Gasteiger partial charge is 0.322 e. The summed E-state index contributed by atoms with van der Waals surface area (Å²) in [5, 5.41) is 7.24. The maximum atomic E-state index is 11.6. The van der Waals surface area contributed by atoms with Gasteiger partial charge in [-0.15, -0.1) is 0 Å². The zero-order chi connectivity index (χ0) is 14.2. The lowest BCUT2D eigenvalue weighted by molar-refractivity contribution is 0.0758. The van der Waals surface area contributed by atoms with Crippen molar-refractivity contribution in [3.63, 3.8) is 0 Å². The first-order chi connectivity index (χ1) is 10.3. The van der Waals surface area contributed by atoms with Gasteiger partial charge in [0.15, 0.2) is 0 Å². The van der Waals surface area contributed by atoms with Gasteiger partial charge in [0.1, 0.15) is 0 Å². The van der Waals surface area contributed by atoms with E-state index < -0.39 is 0 Å². The van der Waals surface area contributed by atoms with Crippen LogP contribution in [-0.2, 0) is 4.74 Å². The molecule has 4 rings (SSSR count). The summed E-state index contributed by atoms with van der Waals surface area (Å²) in [4.78, 5) is 15.9. The van der Waals surface area contributed by atoms with E-state index in [0.29, 0.717) is 18.5 Å². The maximum absolute atomic E-state index is 11.6. The lowest BCUT2D eigenvalue weighted by atomic mass is 10.0. The predicted molar refractivity (Wildman–Crippen MR) is 77.4 cm³/mol. The predicted octanol–water partition coefficient (Wildman–Crippen LogP) is 0.306. The molecule has 1 aromatic heterocycles. The van der Waals surface area contributed by atoms with Crippen molar-refractivity contribution in [2.24, 2.45) is 5.92 Å². The molecular weight excluding hydrogens is 270 g/mol. The number of hydrogen-bond donors (Lipinski definition) is 1. The Morgan fingerprint density at radius 3 is 3.05 bits per heavy atom. The molecule has 21 heavy (non-hydrogen) atoms. The average molecular weight is 291 g/mol. The van der Waals surface area contributed by atoms with Crippen LogP contribution in [0.4, 0.5) is 10.5 Å². The second-order valence-electron chi connectivity index (χ2n) is 6.16.